The lowest BCUT2D eigenvalue weighted by molar-refractivity contribution is -0.120. The summed E-state index contributed by atoms with van der Waals surface area (Å²) in [7, 11) is 1.90. The number of benzene rings is 1. The number of anilines is 1. The molecule has 3 rings (SSSR count). The summed E-state index contributed by atoms with van der Waals surface area (Å²) in [6.07, 6.45) is 7.79. The van der Waals surface area contributed by atoms with E-state index in [1.807, 2.05) is 27.0 Å². The Morgan fingerprint density at radius 2 is 1.86 bits per heavy atom. The molecule has 0 bridgehead atoms. The van der Waals surface area contributed by atoms with Gasteiger partial charge in [-0.05, 0) is 71.2 Å². The van der Waals surface area contributed by atoms with E-state index in [1.54, 1.807) is 17.0 Å². The molecule has 1 aliphatic carbocycles. The highest BCUT2D eigenvalue weighted by Gasteiger charge is 2.30. The fraction of sp³-hybridized carbons (Fsp3) is 0.724. The molecule has 0 spiro atoms. The second-order valence-electron chi connectivity index (χ2n) is 10.9. The smallest absolute Gasteiger partial charge is 0.258 e. The van der Waals surface area contributed by atoms with Gasteiger partial charge in [-0.3, -0.25) is 9.59 Å². The molecule has 3 N–H and O–H groups in total. The maximum Gasteiger partial charge on any atom is 0.258 e. The first-order chi connectivity index (χ1) is 17.8. The van der Waals surface area contributed by atoms with Crippen molar-refractivity contribution in [2.24, 2.45) is 11.8 Å². The van der Waals surface area contributed by atoms with Crippen molar-refractivity contribution in [1.82, 2.24) is 10.2 Å². The minimum absolute atomic E-state index is 0.0172. The van der Waals surface area contributed by atoms with Gasteiger partial charge in [0, 0.05) is 37.2 Å². The molecule has 0 radical (unpaired) electrons. The number of carbonyl (C=O) groups is 2. The topological polar surface area (TPSA) is 100 Å². The Morgan fingerprint density at radius 1 is 1.14 bits per heavy atom. The first-order valence-electron chi connectivity index (χ1n) is 14.1. The van der Waals surface area contributed by atoms with Crippen molar-refractivity contribution in [2.45, 2.75) is 90.4 Å². The van der Waals surface area contributed by atoms with Crippen LogP contribution in [0.2, 0.25) is 0 Å². The minimum Gasteiger partial charge on any atom is -0.490 e. The lowest BCUT2D eigenvalue weighted by Gasteiger charge is -2.34. The van der Waals surface area contributed by atoms with Crippen LogP contribution < -0.4 is 15.4 Å². The third-order valence-electron chi connectivity index (χ3n) is 7.70. The fourth-order valence-electron chi connectivity index (χ4n) is 5.30. The van der Waals surface area contributed by atoms with Crippen LogP contribution in [-0.4, -0.2) is 73.4 Å². The van der Waals surface area contributed by atoms with Gasteiger partial charge in [-0.2, -0.15) is 0 Å². The zero-order chi connectivity index (χ0) is 26.8. The molecule has 1 aromatic carbocycles. The Hall–Kier alpha value is -2.16. The predicted octanol–water partition coefficient (Wildman–Crippen LogP) is 4.22. The molecule has 208 valence electrons. The zero-order valence-corrected chi connectivity index (χ0v) is 23.1. The van der Waals surface area contributed by atoms with Crippen LogP contribution in [0, 0.1) is 11.8 Å². The highest BCUT2D eigenvalue weighted by Crippen LogP contribution is 2.30. The molecule has 4 atom stereocenters. The van der Waals surface area contributed by atoms with E-state index < -0.39 is 0 Å². The van der Waals surface area contributed by atoms with Gasteiger partial charge in [0.1, 0.15) is 5.75 Å². The average molecular weight is 518 g/mol. The molecule has 1 aliphatic heterocycles. The maximum atomic E-state index is 14.0. The van der Waals surface area contributed by atoms with Crippen molar-refractivity contribution in [2.75, 3.05) is 38.7 Å². The van der Waals surface area contributed by atoms with Crippen LogP contribution in [0.1, 0.15) is 82.5 Å². The first kappa shape index (κ1) is 29.4. The highest BCUT2D eigenvalue weighted by molar-refractivity contribution is 6.00. The van der Waals surface area contributed by atoms with Gasteiger partial charge >= 0.3 is 0 Å². The molecule has 8 heteroatoms. The Kier molecular flexibility index (Phi) is 11.7. The van der Waals surface area contributed by atoms with Crippen molar-refractivity contribution < 1.29 is 24.2 Å². The summed E-state index contributed by atoms with van der Waals surface area (Å²) >= 11 is 0. The number of nitrogens with one attached hydrogen (secondary N) is 2. The molecule has 1 aromatic rings. The molecular weight excluding hydrogens is 470 g/mol. The van der Waals surface area contributed by atoms with Gasteiger partial charge in [-0.1, -0.05) is 26.2 Å². The molecule has 2 amide bonds. The molecular formula is C29H47N3O5. The number of carbonyl (C=O) groups excluding carboxylic acids is 2. The SMILES string of the molecule is CNC[C@@H]1OCCCC[C@@H](C)Oc2ccc(NC(=O)C3CCCCC3)cc2C(=O)N([C@H](C)CO)C[C@H]1C. The summed E-state index contributed by atoms with van der Waals surface area (Å²) in [6.45, 7) is 7.57. The number of ether oxygens (including phenoxy) is 2. The average Bonchev–Trinajstić information content (AvgIpc) is 2.90. The van der Waals surface area contributed by atoms with Gasteiger partial charge in [0.2, 0.25) is 5.91 Å². The van der Waals surface area contributed by atoms with E-state index in [9.17, 15) is 14.7 Å². The third-order valence-corrected chi connectivity index (χ3v) is 7.70. The van der Waals surface area contributed by atoms with E-state index in [2.05, 4.69) is 17.6 Å². The van der Waals surface area contributed by atoms with Gasteiger partial charge in [0.15, 0.2) is 0 Å². The maximum absolute atomic E-state index is 14.0. The summed E-state index contributed by atoms with van der Waals surface area (Å²) in [5.74, 6) is 0.375. The monoisotopic (exact) mass is 517 g/mol. The Bertz CT molecular complexity index is 873. The fourth-order valence-corrected chi connectivity index (χ4v) is 5.30. The largest absolute Gasteiger partial charge is 0.490 e. The molecule has 0 unspecified atom stereocenters. The van der Waals surface area contributed by atoms with Crippen LogP contribution in [0.4, 0.5) is 5.69 Å². The standard InChI is InChI=1S/C29H47N3O5/c1-20-18-32(21(2)19-33)29(35)25-16-24(31-28(34)23-11-6-5-7-12-23)13-14-26(25)37-22(3)10-8-9-15-36-27(20)17-30-4/h13-14,16,20-23,27,30,33H,5-12,15,17-19H2,1-4H3,(H,31,34)/t20-,21-,22-,27+/m1/s1. The molecule has 8 nitrogen and oxygen atoms in total. The summed E-state index contributed by atoms with van der Waals surface area (Å²) in [6, 6.07) is 4.97. The summed E-state index contributed by atoms with van der Waals surface area (Å²) < 4.78 is 12.5. The van der Waals surface area contributed by atoms with Gasteiger partial charge in [-0.15, -0.1) is 0 Å². The predicted molar refractivity (Wildman–Crippen MR) is 146 cm³/mol. The third kappa shape index (κ3) is 8.42. The van der Waals surface area contributed by atoms with E-state index in [1.165, 1.54) is 6.42 Å². The number of aliphatic hydroxyl groups excluding tert-OH is 1. The Labute approximate surface area is 222 Å². The number of hydrogen-bond donors (Lipinski definition) is 3. The lowest BCUT2D eigenvalue weighted by atomic mass is 9.88. The van der Waals surface area contributed by atoms with Gasteiger partial charge in [0.25, 0.3) is 5.91 Å². The summed E-state index contributed by atoms with van der Waals surface area (Å²) in [5.41, 5.74) is 1.00. The highest BCUT2D eigenvalue weighted by atomic mass is 16.5. The van der Waals surface area contributed by atoms with E-state index in [4.69, 9.17) is 9.47 Å². The van der Waals surface area contributed by atoms with Gasteiger partial charge in [-0.25, -0.2) is 0 Å². The van der Waals surface area contributed by atoms with Crippen LogP contribution >= 0.6 is 0 Å². The van der Waals surface area contributed by atoms with Crippen LogP contribution in [0.3, 0.4) is 0 Å². The number of rotatable bonds is 6. The Balaban J connectivity index is 1.93. The molecule has 1 saturated carbocycles. The zero-order valence-electron chi connectivity index (χ0n) is 23.1. The molecule has 0 saturated heterocycles. The number of aliphatic hydroxyl groups is 1. The van der Waals surface area contributed by atoms with Crippen molar-refractivity contribution in [3.63, 3.8) is 0 Å². The second-order valence-corrected chi connectivity index (χ2v) is 10.9. The van der Waals surface area contributed by atoms with E-state index in [0.717, 1.165) is 44.9 Å². The van der Waals surface area contributed by atoms with Crippen LogP contribution in [-0.2, 0) is 9.53 Å². The molecule has 1 heterocycles. The lowest BCUT2D eigenvalue weighted by Crippen LogP contribution is -2.47. The normalized spacial score (nSPS) is 25.5. The van der Waals surface area contributed by atoms with Gasteiger partial charge < -0.3 is 30.1 Å². The van der Waals surface area contributed by atoms with E-state index >= 15 is 0 Å². The summed E-state index contributed by atoms with van der Waals surface area (Å²) in [5, 5.41) is 16.3. The van der Waals surface area contributed by atoms with Gasteiger partial charge in [0.05, 0.1) is 30.4 Å². The molecule has 2 aliphatic rings. The quantitative estimate of drug-likeness (QED) is 0.523. The van der Waals surface area contributed by atoms with Crippen molar-refractivity contribution in [3.05, 3.63) is 23.8 Å². The van der Waals surface area contributed by atoms with Crippen LogP contribution in [0.5, 0.6) is 5.75 Å². The molecule has 1 fully saturated rings. The number of amides is 2. The number of fused-ring (bicyclic) bond motifs is 1. The Morgan fingerprint density at radius 3 is 2.57 bits per heavy atom. The molecule has 0 aromatic heterocycles. The minimum atomic E-state index is -0.385. The van der Waals surface area contributed by atoms with Crippen molar-refractivity contribution >= 4 is 17.5 Å². The number of hydrogen-bond acceptors (Lipinski definition) is 6. The number of nitrogens with zero attached hydrogens (tertiary/aromatic N) is 1. The van der Waals surface area contributed by atoms with E-state index in [-0.39, 0.29) is 48.5 Å². The molecule has 37 heavy (non-hydrogen) atoms. The number of likely N-dealkylation sites (N-methyl/N-ethyl adjacent to an activating group) is 1. The van der Waals surface area contributed by atoms with Crippen molar-refractivity contribution in [1.29, 1.82) is 0 Å². The van der Waals surface area contributed by atoms with Crippen LogP contribution in [0.15, 0.2) is 18.2 Å². The van der Waals surface area contributed by atoms with E-state index in [0.29, 0.717) is 36.7 Å². The summed E-state index contributed by atoms with van der Waals surface area (Å²) in [4.78, 5) is 28.7. The van der Waals surface area contributed by atoms with Crippen molar-refractivity contribution in [3.8, 4) is 5.75 Å². The first-order valence-corrected chi connectivity index (χ1v) is 14.1. The van der Waals surface area contributed by atoms with Crippen LogP contribution in [0.25, 0.3) is 0 Å². The second kappa shape index (κ2) is 14.7.